The fraction of sp³-hybridized carbons (Fsp3) is 0.125. The van der Waals surface area contributed by atoms with Crippen molar-refractivity contribution >= 4 is 33.5 Å². The number of carboxylic acid groups (broad SMARTS) is 1. The first-order valence-electron chi connectivity index (χ1n) is 7.40. The van der Waals surface area contributed by atoms with Crippen LogP contribution in [0.3, 0.4) is 0 Å². The number of nitrogens with zero attached hydrogens (tertiary/aromatic N) is 2. The van der Waals surface area contributed by atoms with Crippen LogP contribution in [0.2, 0.25) is 0 Å². The summed E-state index contributed by atoms with van der Waals surface area (Å²) in [6.45, 7) is 3.55. The third-order valence-electron chi connectivity index (χ3n) is 2.79. The molecule has 10 nitrogen and oxygen atoms in total. The van der Waals surface area contributed by atoms with Crippen LogP contribution in [0.5, 0.6) is 0 Å². The van der Waals surface area contributed by atoms with Crippen LogP contribution < -0.4 is 16.2 Å². The van der Waals surface area contributed by atoms with Gasteiger partial charge in [-0.05, 0) is 44.2 Å². The Balaban J connectivity index is 0.000000387. The van der Waals surface area contributed by atoms with Crippen LogP contribution in [-0.2, 0) is 19.6 Å². The number of aryl methyl sites for hydroxylation is 2. The zero-order valence-corrected chi connectivity index (χ0v) is 15.4. The van der Waals surface area contributed by atoms with E-state index in [1.807, 2.05) is 0 Å². The summed E-state index contributed by atoms with van der Waals surface area (Å²) >= 11 is 0. The molecule has 1 aromatic carbocycles. The Morgan fingerprint density at radius 2 is 1.59 bits per heavy atom. The fourth-order valence-corrected chi connectivity index (χ4v) is 2.69. The minimum absolute atomic E-state index is 0.0642. The molecule has 6 N–H and O–H groups in total. The lowest BCUT2D eigenvalue weighted by atomic mass is 10.3. The van der Waals surface area contributed by atoms with Crippen LogP contribution in [-0.4, -0.2) is 35.4 Å². The number of anilines is 2. The highest BCUT2D eigenvalue weighted by Crippen LogP contribution is 2.15. The van der Waals surface area contributed by atoms with Crippen LogP contribution in [0.15, 0.2) is 47.4 Å². The SMILES string of the molecule is Cc1cc(C)nc(NS(=O)(=O)c2ccc(N)cc2)n1.NC(=O)/C=C\C(=O)O. The number of aliphatic carboxylic acids is 1. The number of carbonyl (C=O) groups is 2. The monoisotopic (exact) mass is 393 g/mol. The van der Waals surface area contributed by atoms with Crippen LogP contribution in [0.1, 0.15) is 11.4 Å². The zero-order valence-electron chi connectivity index (χ0n) is 14.6. The molecule has 2 rings (SSSR count). The maximum absolute atomic E-state index is 12.1. The van der Waals surface area contributed by atoms with Crippen molar-refractivity contribution in [2.24, 2.45) is 5.73 Å². The van der Waals surface area contributed by atoms with E-state index in [-0.39, 0.29) is 10.8 Å². The normalized spacial score (nSPS) is 10.7. The lowest BCUT2D eigenvalue weighted by Gasteiger charge is -2.08. The third kappa shape index (κ3) is 7.96. The van der Waals surface area contributed by atoms with Gasteiger partial charge in [0.2, 0.25) is 11.9 Å². The molecule has 27 heavy (non-hydrogen) atoms. The van der Waals surface area contributed by atoms with E-state index in [0.717, 1.165) is 6.08 Å². The minimum atomic E-state index is -3.69. The number of sulfonamides is 1. The Kier molecular flexibility index (Phi) is 7.42. The molecule has 0 spiro atoms. The van der Waals surface area contributed by atoms with Crippen molar-refractivity contribution in [1.29, 1.82) is 0 Å². The van der Waals surface area contributed by atoms with Gasteiger partial charge in [-0.2, -0.15) is 0 Å². The molecular weight excluding hydrogens is 374 g/mol. The van der Waals surface area contributed by atoms with Crippen LogP contribution in [0.25, 0.3) is 0 Å². The van der Waals surface area contributed by atoms with E-state index in [0.29, 0.717) is 23.2 Å². The largest absolute Gasteiger partial charge is 0.478 e. The summed E-state index contributed by atoms with van der Waals surface area (Å²) < 4.78 is 26.6. The number of carbonyl (C=O) groups excluding carboxylic acids is 1. The quantitative estimate of drug-likeness (QED) is 0.421. The smallest absolute Gasteiger partial charge is 0.328 e. The molecular formula is C16H19N5O5S. The van der Waals surface area contributed by atoms with Crippen molar-refractivity contribution < 1.29 is 23.1 Å². The van der Waals surface area contributed by atoms with Crippen molar-refractivity contribution in [1.82, 2.24) is 9.97 Å². The summed E-state index contributed by atoms with van der Waals surface area (Å²) in [4.78, 5) is 27.6. The number of hydrogen-bond donors (Lipinski definition) is 4. The van der Waals surface area contributed by atoms with Crippen molar-refractivity contribution in [3.8, 4) is 0 Å². The molecule has 144 valence electrons. The molecule has 2 aromatic rings. The van der Waals surface area contributed by atoms with Gasteiger partial charge in [-0.25, -0.2) is 27.9 Å². The Morgan fingerprint density at radius 3 is 2.00 bits per heavy atom. The molecule has 1 aromatic heterocycles. The van der Waals surface area contributed by atoms with Gasteiger partial charge in [0.05, 0.1) is 4.90 Å². The Hall–Kier alpha value is -3.47. The number of aromatic nitrogens is 2. The van der Waals surface area contributed by atoms with Gasteiger partial charge in [-0.3, -0.25) is 4.79 Å². The van der Waals surface area contributed by atoms with Crippen molar-refractivity contribution in [2.75, 3.05) is 10.5 Å². The lowest BCUT2D eigenvalue weighted by molar-refractivity contribution is -0.131. The summed E-state index contributed by atoms with van der Waals surface area (Å²) in [7, 11) is -3.69. The number of hydrogen-bond acceptors (Lipinski definition) is 7. The summed E-state index contributed by atoms with van der Waals surface area (Å²) in [5.41, 5.74) is 12.0. The predicted molar refractivity (Wildman–Crippen MR) is 99.1 cm³/mol. The maximum atomic E-state index is 12.1. The molecule has 0 bridgehead atoms. The standard InChI is InChI=1S/C12H14N4O2S.C4H5NO3/c1-8-7-9(2)15-12(14-8)16-19(17,18)11-5-3-10(13)4-6-11;5-3(6)1-2-4(7)8/h3-7H,13H2,1-2H3,(H,14,15,16);1-2H,(H2,5,6)(H,7,8)/b;2-1-. The molecule has 0 aliphatic rings. The summed E-state index contributed by atoms with van der Waals surface area (Å²) in [5.74, 6) is -1.87. The predicted octanol–water partition coefficient (Wildman–Crippen LogP) is 0.589. The first-order chi connectivity index (χ1) is 12.5. The minimum Gasteiger partial charge on any atom is -0.478 e. The number of nitrogens with two attached hydrogens (primary N) is 2. The molecule has 0 aliphatic carbocycles. The average Bonchev–Trinajstić information content (AvgIpc) is 2.52. The van der Waals surface area contributed by atoms with Gasteiger partial charge < -0.3 is 16.6 Å². The van der Waals surface area contributed by atoms with Gasteiger partial charge in [0.25, 0.3) is 10.0 Å². The average molecular weight is 393 g/mol. The van der Waals surface area contributed by atoms with E-state index in [2.05, 4.69) is 20.4 Å². The van der Waals surface area contributed by atoms with Gasteiger partial charge in [0.15, 0.2) is 0 Å². The highest BCUT2D eigenvalue weighted by atomic mass is 32.2. The van der Waals surface area contributed by atoms with Crippen LogP contribution in [0.4, 0.5) is 11.6 Å². The van der Waals surface area contributed by atoms with Gasteiger partial charge in [-0.1, -0.05) is 0 Å². The summed E-state index contributed by atoms with van der Waals surface area (Å²) in [6.07, 6.45) is 1.46. The first-order valence-corrected chi connectivity index (χ1v) is 8.89. The fourth-order valence-electron chi connectivity index (χ4n) is 1.75. The van der Waals surface area contributed by atoms with Gasteiger partial charge in [-0.15, -0.1) is 0 Å². The van der Waals surface area contributed by atoms with Crippen molar-refractivity contribution in [3.05, 3.63) is 53.9 Å². The van der Waals surface area contributed by atoms with Gasteiger partial charge in [0.1, 0.15) is 0 Å². The number of carboxylic acids is 1. The van der Waals surface area contributed by atoms with E-state index in [4.69, 9.17) is 10.8 Å². The Labute approximate surface area is 156 Å². The molecule has 0 atom stereocenters. The maximum Gasteiger partial charge on any atom is 0.328 e. The van der Waals surface area contributed by atoms with Gasteiger partial charge in [0, 0.05) is 29.2 Å². The second kappa shape index (κ2) is 9.29. The molecule has 0 radical (unpaired) electrons. The molecule has 0 saturated heterocycles. The Bertz CT molecular complexity index is 919. The van der Waals surface area contributed by atoms with E-state index in [9.17, 15) is 18.0 Å². The number of nitrogen functional groups attached to an aromatic ring is 1. The highest BCUT2D eigenvalue weighted by molar-refractivity contribution is 7.92. The Morgan fingerprint density at radius 1 is 1.07 bits per heavy atom. The zero-order chi connectivity index (χ0) is 20.6. The molecule has 0 unspecified atom stereocenters. The lowest BCUT2D eigenvalue weighted by Crippen LogP contribution is -2.15. The van der Waals surface area contributed by atoms with E-state index >= 15 is 0 Å². The van der Waals surface area contributed by atoms with Crippen molar-refractivity contribution in [3.63, 3.8) is 0 Å². The highest BCUT2D eigenvalue weighted by Gasteiger charge is 2.15. The second-order valence-electron chi connectivity index (χ2n) is 5.22. The number of benzene rings is 1. The third-order valence-corrected chi connectivity index (χ3v) is 4.13. The molecule has 1 heterocycles. The van der Waals surface area contributed by atoms with Crippen molar-refractivity contribution in [2.45, 2.75) is 18.7 Å². The topological polar surface area (TPSA) is 178 Å². The first kappa shape index (κ1) is 21.6. The van der Waals surface area contributed by atoms with Gasteiger partial charge >= 0.3 is 5.97 Å². The summed E-state index contributed by atoms with van der Waals surface area (Å²) in [5, 5.41) is 7.87. The molecule has 0 saturated carbocycles. The molecule has 1 amide bonds. The van der Waals surface area contributed by atoms with E-state index in [1.54, 1.807) is 19.9 Å². The van der Waals surface area contributed by atoms with E-state index < -0.39 is 21.9 Å². The van der Waals surface area contributed by atoms with Crippen LogP contribution >= 0.6 is 0 Å². The summed E-state index contributed by atoms with van der Waals surface area (Å²) in [6, 6.07) is 7.68. The second-order valence-corrected chi connectivity index (χ2v) is 6.91. The molecule has 11 heteroatoms. The molecule has 0 aliphatic heterocycles. The number of rotatable bonds is 5. The van der Waals surface area contributed by atoms with Crippen LogP contribution in [0, 0.1) is 13.8 Å². The molecule has 0 fully saturated rings. The number of primary amides is 1. The van der Waals surface area contributed by atoms with E-state index in [1.165, 1.54) is 24.3 Å². The number of amides is 1. The number of nitrogens with one attached hydrogen (secondary N) is 1.